The highest BCUT2D eigenvalue weighted by atomic mass is 16.2. The zero-order valence-corrected chi connectivity index (χ0v) is 15.0. The third kappa shape index (κ3) is 1.76. The predicted molar refractivity (Wildman–Crippen MR) is 99.6 cm³/mol. The quantitative estimate of drug-likeness (QED) is 0.713. The molecular formula is C22H22N2O. The molecule has 5 rings (SSSR count). The van der Waals surface area contributed by atoms with E-state index in [2.05, 4.69) is 62.1 Å². The lowest BCUT2D eigenvalue weighted by Gasteiger charge is -2.40. The van der Waals surface area contributed by atoms with Crippen molar-refractivity contribution in [2.24, 2.45) is 4.99 Å². The molecule has 3 heterocycles. The molecule has 2 atom stereocenters. The van der Waals surface area contributed by atoms with Gasteiger partial charge in [-0.2, -0.15) is 0 Å². The Morgan fingerprint density at radius 3 is 2.80 bits per heavy atom. The number of nitrogens with zero attached hydrogens (tertiary/aromatic N) is 2. The fourth-order valence-electron chi connectivity index (χ4n) is 5.43. The van der Waals surface area contributed by atoms with E-state index in [9.17, 15) is 4.79 Å². The van der Waals surface area contributed by atoms with Crippen molar-refractivity contribution in [3.05, 3.63) is 64.2 Å². The Hall–Kier alpha value is -2.42. The van der Waals surface area contributed by atoms with Crippen LogP contribution in [0.15, 0.2) is 41.4 Å². The van der Waals surface area contributed by atoms with Gasteiger partial charge in [0.1, 0.15) is 0 Å². The van der Waals surface area contributed by atoms with Crippen LogP contribution in [-0.2, 0) is 16.6 Å². The minimum absolute atomic E-state index is 0.0800. The molecule has 0 bridgehead atoms. The molecule has 1 saturated heterocycles. The highest BCUT2D eigenvalue weighted by molar-refractivity contribution is 6.07. The van der Waals surface area contributed by atoms with Gasteiger partial charge in [0.15, 0.2) is 0 Å². The summed E-state index contributed by atoms with van der Waals surface area (Å²) >= 11 is 0. The van der Waals surface area contributed by atoms with E-state index < -0.39 is 0 Å². The summed E-state index contributed by atoms with van der Waals surface area (Å²) in [4.78, 5) is 20.0. The maximum atomic E-state index is 13.0. The van der Waals surface area contributed by atoms with Crippen LogP contribution in [0.4, 0.5) is 5.69 Å². The van der Waals surface area contributed by atoms with Gasteiger partial charge in [0.2, 0.25) is 5.91 Å². The lowest BCUT2D eigenvalue weighted by atomic mass is 9.67. The monoisotopic (exact) mass is 330 g/mol. The summed E-state index contributed by atoms with van der Waals surface area (Å²) in [6.07, 6.45) is 1.49. The number of fused-ring (bicyclic) bond motifs is 6. The van der Waals surface area contributed by atoms with Crippen LogP contribution in [-0.4, -0.2) is 23.1 Å². The van der Waals surface area contributed by atoms with Crippen LogP contribution in [0, 0.1) is 13.8 Å². The largest absolute Gasteiger partial charge is 0.334 e. The molecular weight excluding hydrogens is 308 g/mol. The summed E-state index contributed by atoms with van der Waals surface area (Å²) in [5.74, 6) is 0.266. The first-order chi connectivity index (χ1) is 12.0. The first-order valence-corrected chi connectivity index (χ1v) is 9.07. The normalized spacial score (nSPS) is 26.5. The molecule has 2 aromatic carbocycles. The van der Waals surface area contributed by atoms with Crippen molar-refractivity contribution in [2.75, 3.05) is 6.54 Å². The van der Waals surface area contributed by atoms with Crippen LogP contribution in [0.2, 0.25) is 0 Å². The summed E-state index contributed by atoms with van der Waals surface area (Å²) in [7, 11) is 0. The van der Waals surface area contributed by atoms with Gasteiger partial charge in [-0.25, -0.2) is 0 Å². The van der Waals surface area contributed by atoms with Gasteiger partial charge in [-0.05, 0) is 61.1 Å². The van der Waals surface area contributed by atoms with E-state index in [1.807, 2.05) is 0 Å². The van der Waals surface area contributed by atoms with Gasteiger partial charge in [-0.15, -0.1) is 0 Å². The molecule has 3 nitrogen and oxygen atoms in total. The molecule has 0 aliphatic carbocycles. The van der Waals surface area contributed by atoms with E-state index in [1.54, 1.807) is 0 Å². The number of carbonyl (C=O) groups is 1. The van der Waals surface area contributed by atoms with Gasteiger partial charge >= 0.3 is 0 Å². The van der Waals surface area contributed by atoms with E-state index in [1.165, 1.54) is 27.8 Å². The van der Waals surface area contributed by atoms with Crippen molar-refractivity contribution in [3.63, 3.8) is 0 Å². The van der Waals surface area contributed by atoms with E-state index >= 15 is 0 Å². The molecule has 1 spiro atoms. The molecule has 0 N–H and O–H groups in total. The minimum Gasteiger partial charge on any atom is -0.334 e. The van der Waals surface area contributed by atoms with Gasteiger partial charge < -0.3 is 4.90 Å². The molecule has 3 aliphatic heterocycles. The minimum atomic E-state index is -0.305. The summed E-state index contributed by atoms with van der Waals surface area (Å²) in [5, 5.41) is 0. The lowest BCUT2D eigenvalue weighted by Crippen LogP contribution is -2.43. The number of hydrogen-bond acceptors (Lipinski definition) is 2. The van der Waals surface area contributed by atoms with E-state index in [4.69, 9.17) is 4.99 Å². The Morgan fingerprint density at radius 2 is 1.96 bits per heavy atom. The molecule has 3 heteroatoms. The first kappa shape index (κ1) is 14.9. The Labute approximate surface area is 148 Å². The van der Waals surface area contributed by atoms with Crippen LogP contribution in [0.1, 0.15) is 47.2 Å². The maximum Gasteiger partial charge on any atom is 0.224 e. The lowest BCUT2D eigenvalue weighted by molar-refractivity contribution is -0.129. The molecule has 0 unspecified atom stereocenters. The Balaban J connectivity index is 1.82. The number of aliphatic imine (C=N–C) groups is 1. The van der Waals surface area contributed by atoms with Crippen molar-refractivity contribution in [1.82, 2.24) is 4.90 Å². The fourth-order valence-corrected chi connectivity index (χ4v) is 5.43. The molecule has 1 fully saturated rings. The Bertz CT molecular complexity index is 958. The molecule has 1 amide bonds. The summed E-state index contributed by atoms with van der Waals surface area (Å²) < 4.78 is 0. The third-order valence-corrected chi connectivity index (χ3v) is 6.34. The zero-order valence-electron chi connectivity index (χ0n) is 15.0. The third-order valence-electron chi connectivity index (χ3n) is 6.34. The van der Waals surface area contributed by atoms with Crippen LogP contribution < -0.4 is 0 Å². The fraction of sp³-hybridized carbons (Fsp3) is 0.364. The zero-order chi connectivity index (χ0) is 17.3. The molecule has 0 radical (unpaired) electrons. The molecule has 3 aliphatic rings. The van der Waals surface area contributed by atoms with E-state index in [0.717, 1.165) is 24.4 Å². The number of rotatable bonds is 0. The highest BCUT2D eigenvalue weighted by Crippen LogP contribution is 2.58. The number of hydrogen-bond donors (Lipinski definition) is 0. The van der Waals surface area contributed by atoms with Crippen LogP contribution in [0.3, 0.4) is 0 Å². The molecule has 126 valence electrons. The van der Waals surface area contributed by atoms with Crippen molar-refractivity contribution >= 4 is 17.3 Å². The van der Waals surface area contributed by atoms with Crippen molar-refractivity contribution in [3.8, 4) is 0 Å². The average Bonchev–Trinajstić information content (AvgIpc) is 3.03. The van der Waals surface area contributed by atoms with E-state index in [0.29, 0.717) is 6.42 Å². The smallest absolute Gasteiger partial charge is 0.224 e. The van der Waals surface area contributed by atoms with Gasteiger partial charge in [0.25, 0.3) is 0 Å². The Morgan fingerprint density at radius 1 is 1.16 bits per heavy atom. The van der Waals surface area contributed by atoms with E-state index in [-0.39, 0.29) is 17.4 Å². The van der Waals surface area contributed by atoms with Crippen molar-refractivity contribution in [1.29, 1.82) is 0 Å². The number of amides is 1. The van der Waals surface area contributed by atoms with Gasteiger partial charge in [-0.1, -0.05) is 30.3 Å². The topological polar surface area (TPSA) is 32.7 Å². The Kier molecular flexibility index (Phi) is 2.87. The van der Waals surface area contributed by atoms with Crippen LogP contribution in [0.5, 0.6) is 0 Å². The van der Waals surface area contributed by atoms with Gasteiger partial charge in [-0.3, -0.25) is 9.79 Å². The summed E-state index contributed by atoms with van der Waals surface area (Å²) in [5.41, 5.74) is 8.30. The average molecular weight is 330 g/mol. The van der Waals surface area contributed by atoms with Crippen LogP contribution >= 0.6 is 0 Å². The molecule has 0 aromatic heterocycles. The molecule has 2 aromatic rings. The summed E-state index contributed by atoms with van der Waals surface area (Å²) in [6.45, 7) is 7.22. The highest BCUT2D eigenvalue weighted by Gasteiger charge is 2.59. The maximum absolute atomic E-state index is 13.0. The van der Waals surface area contributed by atoms with Gasteiger partial charge in [0.05, 0.1) is 17.1 Å². The summed E-state index contributed by atoms with van der Waals surface area (Å²) in [6, 6.07) is 13.1. The standard InChI is InChI=1S/C22H22N2O/c1-13-10-14(2)20-18(11-13)23-15(3)22(20)12-19(25)24-9-8-16-6-4-5-7-17(16)21(22)24/h4-7,10-11,21H,8-9,12H2,1-3H3/t21-,22-/m1/s1. The van der Waals surface area contributed by atoms with Crippen molar-refractivity contribution < 1.29 is 4.79 Å². The molecule has 25 heavy (non-hydrogen) atoms. The number of carbonyl (C=O) groups excluding carboxylic acids is 1. The predicted octanol–water partition coefficient (Wildman–Crippen LogP) is 4.18. The SMILES string of the molecule is CC1=Nc2cc(C)cc(C)c2[C@@]12CC(=O)N1CCc3ccccc3[C@@H]12. The van der Waals surface area contributed by atoms with Crippen molar-refractivity contribution in [2.45, 2.75) is 45.1 Å². The molecule has 0 saturated carbocycles. The van der Waals surface area contributed by atoms with Gasteiger partial charge in [0, 0.05) is 18.7 Å². The second kappa shape index (κ2) is 4.81. The first-order valence-electron chi connectivity index (χ1n) is 9.07. The number of aryl methyl sites for hydroxylation is 2. The second-order valence-corrected chi connectivity index (χ2v) is 7.76. The second-order valence-electron chi connectivity index (χ2n) is 7.76. The number of benzene rings is 2. The van der Waals surface area contributed by atoms with Crippen LogP contribution in [0.25, 0.3) is 0 Å².